The van der Waals surface area contributed by atoms with Crippen LogP contribution in [0.25, 0.3) is 0 Å². The Kier molecular flexibility index (Phi) is 5.08. The van der Waals surface area contributed by atoms with Crippen LogP contribution < -0.4 is 5.32 Å². The third kappa shape index (κ3) is 4.51. The highest BCUT2D eigenvalue weighted by Gasteiger charge is 2.33. The van der Waals surface area contributed by atoms with E-state index in [2.05, 4.69) is 12.2 Å². The highest BCUT2D eigenvalue weighted by molar-refractivity contribution is 5.19. The molecule has 0 bridgehead atoms. The summed E-state index contributed by atoms with van der Waals surface area (Å²) in [5.74, 6) is 1.12. The minimum absolute atomic E-state index is 0.509. The Balaban J connectivity index is 1.99. The molecule has 0 radical (unpaired) electrons. The second-order valence-corrected chi connectivity index (χ2v) is 5.86. The zero-order valence-corrected chi connectivity index (χ0v) is 11.8. The van der Waals surface area contributed by atoms with E-state index in [0.29, 0.717) is 18.4 Å². The van der Waals surface area contributed by atoms with Gasteiger partial charge in [-0.05, 0) is 30.4 Å². The number of hydrogen-bond donors (Lipinski definition) is 1. The second kappa shape index (κ2) is 6.61. The van der Waals surface area contributed by atoms with E-state index in [9.17, 15) is 13.2 Å². The highest BCUT2D eigenvalue weighted by atomic mass is 19.4. The summed E-state index contributed by atoms with van der Waals surface area (Å²) in [5.41, 5.74) is 0.718. The first-order valence-electron chi connectivity index (χ1n) is 7.31. The first-order chi connectivity index (χ1) is 9.46. The van der Waals surface area contributed by atoms with Gasteiger partial charge in [0.05, 0.1) is 6.42 Å². The zero-order chi connectivity index (χ0) is 14.6. The van der Waals surface area contributed by atoms with E-state index in [1.54, 1.807) is 24.3 Å². The Morgan fingerprint density at radius 3 is 2.45 bits per heavy atom. The molecule has 1 aliphatic rings. The molecule has 2 rings (SSSR count). The van der Waals surface area contributed by atoms with Crippen LogP contribution >= 0.6 is 0 Å². The van der Waals surface area contributed by atoms with Crippen LogP contribution in [-0.2, 0) is 0 Å². The van der Waals surface area contributed by atoms with Gasteiger partial charge in [-0.2, -0.15) is 13.2 Å². The van der Waals surface area contributed by atoms with Crippen LogP contribution in [0.15, 0.2) is 30.3 Å². The number of halogens is 3. The van der Waals surface area contributed by atoms with Crippen molar-refractivity contribution in [3.63, 3.8) is 0 Å². The predicted molar refractivity (Wildman–Crippen MR) is 74.4 cm³/mol. The van der Waals surface area contributed by atoms with E-state index < -0.39 is 18.6 Å². The Morgan fingerprint density at radius 2 is 1.90 bits per heavy atom. The van der Waals surface area contributed by atoms with Gasteiger partial charge in [0.1, 0.15) is 0 Å². The fourth-order valence-corrected chi connectivity index (χ4v) is 3.04. The molecule has 112 valence electrons. The van der Waals surface area contributed by atoms with Gasteiger partial charge < -0.3 is 5.32 Å². The zero-order valence-electron chi connectivity index (χ0n) is 11.8. The van der Waals surface area contributed by atoms with Gasteiger partial charge in [-0.25, -0.2) is 0 Å². The summed E-state index contributed by atoms with van der Waals surface area (Å²) in [7, 11) is 0. The predicted octanol–water partition coefficient (Wildman–Crippen LogP) is 4.71. The van der Waals surface area contributed by atoms with Gasteiger partial charge in [0, 0.05) is 6.04 Å². The largest absolute Gasteiger partial charge is 0.390 e. The van der Waals surface area contributed by atoms with Crippen molar-refractivity contribution < 1.29 is 13.2 Å². The molecule has 0 amide bonds. The maximum atomic E-state index is 12.7. The number of nitrogens with one attached hydrogen (secondary N) is 1. The van der Waals surface area contributed by atoms with E-state index in [1.165, 1.54) is 12.8 Å². The molecule has 1 fully saturated rings. The lowest BCUT2D eigenvalue weighted by atomic mass is 9.96. The smallest absolute Gasteiger partial charge is 0.309 e. The topological polar surface area (TPSA) is 12.0 Å². The third-order valence-corrected chi connectivity index (χ3v) is 4.30. The number of rotatable bonds is 5. The quantitative estimate of drug-likeness (QED) is 0.826. The Hall–Kier alpha value is -1.03. The highest BCUT2D eigenvalue weighted by Crippen LogP contribution is 2.33. The van der Waals surface area contributed by atoms with Gasteiger partial charge >= 0.3 is 6.18 Å². The van der Waals surface area contributed by atoms with Gasteiger partial charge in [0.25, 0.3) is 0 Å². The summed E-state index contributed by atoms with van der Waals surface area (Å²) in [6.45, 7) is 2.87. The van der Waals surface area contributed by atoms with Crippen LogP contribution in [-0.4, -0.2) is 12.7 Å². The second-order valence-electron chi connectivity index (χ2n) is 5.86. The molecule has 0 spiro atoms. The van der Waals surface area contributed by atoms with Crippen molar-refractivity contribution in [1.82, 2.24) is 5.32 Å². The van der Waals surface area contributed by atoms with Crippen molar-refractivity contribution in [2.45, 2.75) is 44.8 Å². The first kappa shape index (κ1) is 15.4. The molecule has 3 unspecified atom stereocenters. The number of alkyl halides is 3. The van der Waals surface area contributed by atoms with E-state index in [4.69, 9.17) is 0 Å². The summed E-state index contributed by atoms with van der Waals surface area (Å²) in [6.07, 6.45) is -1.43. The molecule has 0 aromatic heterocycles. The van der Waals surface area contributed by atoms with Crippen LogP contribution in [0.3, 0.4) is 0 Å². The van der Waals surface area contributed by atoms with Crippen molar-refractivity contribution in [3.8, 4) is 0 Å². The first-order valence-corrected chi connectivity index (χ1v) is 7.31. The van der Waals surface area contributed by atoms with Crippen LogP contribution in [0.1, 0.15) is 44.2 Å². The van der Waals surface area contributed by atoms with E-state index in [0.717, 1.165) is 12.0 Å². The molecule has 1 nitrogen and oxygen atoms in total. The van der Waals surface area contributed by atoms with Crippen LogP contribution in [0.2, 0.25) is 0 Å². The molecule has 1 saturated carbocycles. The van der Waals surface area contributed by atoms with Gasteiger partial charge in [0.2, 0.25) is 0 Å². The molecule has 1 aliphatic carbocycles. The molecule has 3 atom stereocenters. The lowest BCUT2D eigenvalue weighted by Crippen LogP contribution is -2.31. The molecular weight excluding hydrogens is 263 g/mol. The lowest BCUT2D eigenvalue weighted by Gasteiger charge is -2.24. The monoisotopic (exact) mass is 285 g/mol. The molecule has 0 saturated heterocycles. The van der Waals surface area contributed by atoms with Crippen molar-refractivity contribution in [3.05, 3.63) is 35.9 Å². The Morgan fingerprint density at radius 1 is 1.20 bits per heavy atom. The van der Waals surface area contributed by atoms with Crippen molar-refractivity contribution in [2.75, 3.05) is 6.54 Å². The molecule has 4 heteroatoms. The molecule has 20 heavy (non-hydrogen) atoms. The minimum atomic E-state index is -4.14. The Bertz CT molecular complexity index is 402. The summed E-state index contributed by atoms with van der Waals surface area (Å²) in [5, 5.41) is 3.14. The van der Waals surface area contributed by atoms with E-state index in [1.807, 2.05) is 6.07 Å². The number of benzene rings is 1. The minimum Gasteiger partial charge on any atom is -0.309 e. The maximum absolute atomic E-state index is 12.7. The van der Waals surface area contributed by atoms with Crippen molar-refractivity contribution >= 4 is 0 Å². The van der Waals surface area contributed by atoms with Crippen molar-refractivity contribution in [1.29, 1.82) is 0 Å². The van der Waals surface area contributed by atoms with Crippen LogP contribution in [0, 0.1) is 11.8 Å². The van der Waals surface area contributed by atoms with Crippen molar-refractivity contribution in [2.24, 2.45) is 11.8 Å². The Labute approximate surface area is 118 Å². The normalized spacial score (nSPS) is 24.8. The fourth-order valence-electron chi connectivity index (χ4n) is 3.04. The van der Waals surface area contributed by atoms with Crippen LogP contribution in [0.5, 0.6) is 0 Å². The fraction of sp³-hybridized carbons (Fsp3) is 0.625. The lowest BCUT2D eigenvalue weighted by molar-refractivity contribution is -0.140. The molecule has 1 aromatic rings. The average Bonchev–Trinajstić information content (AvgIpc) is 2.80. The molecule has 1 aromatic carbocycles. The van der Waals surface area contributed by atoms with Gasteiger partial charge in [-0.15, -0.1) is 0 Å². The van der Waals surface area contributed by atoms with Gasteiger partial charge in [-0.3, -0.25) is 0 Å². The standard InChI is InChI=1S/C16H22F3N/c1-12-6-5-9-14(12)11-20-15(10-16(17,18)19)13-7-3-2-4-8-13/h2-4,7-8,12,14-15,20H,5-6,9-11H2,1H3. The summed E-state index contributed by atoms with van der Waals surface area (Å²) >= 11 is 0. The van der Waals surface area contributed by atoms with Gasteiger partial charge in [-0.1, -0.05) is 50.1 Å². The summed E-state index contributed by atoms with van der Waals surface area (Å²) in [6, 6.07) is 8.30. The molecule has 0 aliphatic heterocycles. The SMILES string of the molecule is CC1CCCC1CNC(CC(F)(F)F)c1ccccc1. The maximum Gasteiger partial charge on any atom is 0.390 e. The number of hydrogen-bond acceptors (Lipinski definition) is 1. The molecule has 0 heterocycles. The average molecular weight is 285 g/mol. The third-order valence-electron chi connectivity index (χ3n) is 4.30. The van der Waals surface area contributed by atoms with Gasteiger partial charge in [0.15, 0.2) is 0 Å². The summed E-state index contributed by atoms with van der Waals surface area (Å²) < 4.78 is 38.2. The van der Waals surface area contributed by atoms with E-state index in [-0.39, 0.29) is 0 Å². The summed E-state index contributed by atoms with van der Waals surface area (Å²) in [4.78, 5) is 0. The van der Waals surface area contributed by atoms with E-state index >= 15 is 0 Å². The molecule has 1 N–H and O–H groups in total. The molecular formula is C16H22F3N. The van der Waals surface area contributed by atoms with Crippen LogP contribution in [0.4, 0.5) is 13.2 Å².